The molecular weight excluding hydrogens is 358 g/mol. The Bertz CT molecular complexity index is 1090. The zero-order valence-electron chi connectivity index (χ0n) is 14.2. The average Bonchev–Trinajstić information content (AvgIpc) is 2.59. The molecule has 1 aromatic heterocycles. The molecular formula is C17H13N3O7. The molecule has 0 bridgehead atoms. The van der Waals surface area contributed by atoms with Crippen molar-refractivity contribution >= 4 is 5.69 Å². The van der Waals surface area contributed by atoms with Crippen LogP contribution in [0.4, 0.5) is 5.69 Å². The maximum absolute atomic E-state index is 12.4. The Hall–Kier alpha value is -4.00. The highest BCUT2D eigenvalue weighted by Gasteiger charge is 2.36. The van der Waals surface area contributed by atoms with Crippen molar-refractivity contribution in [1.82, 2.24) is 0 Å². The van der Waals surface area contributed by atoms with Crippen LogP contribution in [0.2, 0.25) is 0 Å². The molecule has 2 heterocycles. The number of ether oxygens (including phenoxy) is 2. The lowest BCUT2D eigenvalue weighted by molar-refractivity contribution is -0.385. The SMILES string of the molecule is COc1c(O)cc(C2C(C#N)=C(N)Oc3cc(C)oc(=O)c32)cc1[N+](=O)[O-]. The number of nitro groups is 1. The summed E-state index contributed by atoms with van der Waals surface area (Å²) < 4.78 is 15.3. The fourth-order valence-electron chi connectivity index (χ4n) is 2.98. The number of hydrogen-bond acceptors (Lipinski definition) is 9. The first-order valence-electron chi connectivity index (χ1n) is 7.56. The van der Waals surface area contributed by atoms with E-state index in [9.17, 15) is 25.3 Å². The molecule has 1 unspecified atom stereocenters. The van der Waals surface area contributed by atoms with Gasteiger partial charge < -0.3 is 24.7 Å². The van der Waals surface area contributed by atoms with E-state index >= 15 is 0 Å². The predicted molar refractivity (Wildman–Crippen MR) is 90.3 cm³/mol. The second-order valence-corrected chi connectivity index (χ2v) is 5.70. The zero-order valence-corrected chi connectivity index (χ0v) is 14.2. The van der Waals surface area contributed by atoms with Crippen molar-refractivity contribution in [3.63, 3.8) is 0 Å². The number of nitro benzene ring substituents is 1. The summed E-state index contributed by atoms with van der Waals surface area (Å²) in [6.07, 6.45) is 0. The van der Waals surface area contributed by atoms with Crippen molar-refractivity contribution in [3.8, 4) is 23.3 Å². The topological polar surface area (TPSA) is 162 Å². The Morgan fingerprint density at radius 3 is 2.70 bits per heavy atom. The quantitative estimate of drug-likeness (QED) is 0.605. The standard InChI is InChI=1S/C17H13N3O7/c1-7-3-12-14(17(22)26-7)13(9(6-18)16(19)27-12)8-4-10(20(23)24)15(25-2)11(21)5-8/h3-5,13,21H,19H2,1-2H3. The third-order valence-corrected chi connectivity index (χ3v) is 4.06. The molecule has 0 radical (unpaired) electrons. The van der Waals surface area contributed by atoms with E-state index in [4.69, 9.17) is 19.6 Å². The molecule has 1 aliphatic heterocycles. The van der Waals surface area contributed by atoms with Gasteiger partial charge in [-0.05, 0) is 18.6 Å². The number of phenols is 1. The highest BCUT2D eigenvalue weighted by Crippen LogP contribution is 2.45. The molecule has 0 fully saturated rings. The lowest BCUT2D eigenvalue weighted by atomic mass is 9.84. The first-order chi connectivity index (χ1) is 12.8. The van der Waals surface area contributed by atoms with Gasteiger partial charge in [-0.25, -0.2) is 4.79 Å². The van der Waals surface area contributed by atoms with Gasteiger partial charge in [-0.3, -0.25) is 10.1 Å². The van der Waals surface area contributed by atoms with Crippen molar-refractivity contribution in [2.45, 2.75) is 12.8 Å². The summed E-state index contributed by atoms with van der Waals surface area (Å²) in [7, 11) is 1.17. The first-order valence-corrected chi connectivity index (χ1v) is 7.56. The highest BCUT2D eigenvalue weighted by atomic mass is 16.6. The van der Waals surface area contributed by atoms with Crippen LogP contribution in [0.1, 0.15) is 22.8 Å². The monoisotopic (exact) mass is 371 g/mol. The van der Waals surface area contributed by atoms with E-state index in [1.165, 1.54) is 20.1 Å². The van der Waals surface area contributed by atoms with Gasteiger partial charge in [0, 0.05) is 12.1 Å². The van der Waals surface area contributed by atoms with Gasteiger partial charge in [0.25, 0.3) is 0 Å². The van der Waals surface area contributed by atoms with Gasteiger partial charge in [-0.1, -0.05) is 0 Å². The number of nitriles is 1. The number of aryl methyl sites for hydroxylation is 1. The number of fused-ring (bicyclic) bond motifs is 1. The van der Waals surface area contributed by atoms with E-state index in [1.807, 2.05) is 6.07 Å². The number of methoxy groups -OCH3 is 1. The summed E-state index contributed by atoms with van der Waals surface area (Å²) in [4.78, 5) is 23.0. The third kappa shape index (κ3) is 2.81. The number of hydrogen-bond donors (Lipinski definition) is 2. The van der Waals surface area contributed by atoms with Crippen LogP contribution in [0.5, 0.6) is 17.2 Å². The summed E-state index contributed by atoms with van der Waals surface area (Å²) in [5, 5.41) is 31.0. The van der Waals surface area contributed by atoms with E-state index in [2.05, 4.69) is 0 Å². The number of nitrogens with two attached hydrogens (primary N) is 1. The minimum absolute atomic E-state index is 0.0507. The molecule has 1 aromatic carbocycles. The fourth-order valence-corrected chi connectivity index (χ4v) is 2.98. The molecule has 0 amide bonds. The van der Waals surface area contributed by atoms with Gasteiger partial charge in [-0.15, -0.1) is 0 Å². The smallest absolute Gasteiger partial charge is 0.343 e. The molecule has 2 aromatic rings. The first kappa shape index (κ1) is 17.8. The number of nitrogens with zero attached hydrogens (tertiary/aromatic N) is 2. The molecule has 0 saturated carbocycles. The predicted octanol–water partition coefficient (Wildman–Crippen LogP) is 1.79. The molecule has 3 N–H and O–H groups in total. The molecule has 1 atom stereocenters. The number of allylic oxidation sites excluding steroid dienone is 1. The Balaban J connectivity index is 2.36. The van der Waals surface area contributed by atoms with E-state index in [1.54, 1.807) is 0 Å². The van der Waals surface area contributed by atoms with Crippen LogP contribution < -0.4 is 20.8 Å². The van der Waals surface area contributed by atoms with Crippen molar-refractivity contribution in [3.05, 3.63) is 67.1 Å². The van der Waals surface area contributed by atoms with Gasteiger partial charge in [0.2, 0.25) is 11.6 Å². The van der Waals surface area contributed by atoms with E-state index in [0.29, 0.717) is 0 Å². The van der Waals surface area contributed by atoms with E-state index in [0.717, 1.165) is 12.1 Å². The summed E-state index contributed by atoms with van der Waals surface area (Å²) in [5.41, 5.74) is 4.38. The summed E-state index contributed by atoms with van der Waals surface area (Å²) in [6, 6.07) is 5.53. The molecule has 10 nitrogen and oxygen atoms in total. The second-order valence-electron chi connectivity index (χ2n) is 5.70. The Kier molecular flexibility index (Phi) is 4.21. The van der Waals surface area contributed by atoms with Crippen molar-refractivity contribution in [2.24, 2.45) is 5.73 Å². The van der Waals surface area contributed by atoms with Gasteiger partial charge in [0.1, 0.15) is 23.2 Å². The van der Waals surface area contributed by atoms with Gasteiger partial charge in [0.05, 0.1) is 23.5 Å². The maximum Gasteiger partial charge on any atom is 0.343 e. The van der Waals surface area contributed by atoms with Crippen molar-refractivity contribution in [1.29, 1.82) is 5.26 Å². The molecule has 1 aliphatic rings. The molecule has 0 saturated heterocycles. The van der Waals surface area contributed by atoms with Gasteiger partial charge in [0.15, 0.2) is 5.75 Å². The number of benzene rings is 1. The van der Waals surface area contributed by atoms with Crippen LogP contribution in [-0.4, -0.2) is 17.1 Å². The van der Waals surface area contributed by atoms with Crippen LogP contribution in [-0.2, 0) is 0 Å². The normalized spacial score (nSPS) is 15.5. The van der Waals surface area contributed by atoms with Crippen LogP contribution >= 0.6 is 0 Å². The van der Waals surface area contributed by atoms with Crippen LogP contribution in [0.15, 0.2) is 38.9 Å². The Morgan fingerprint density at radius 2 is 2.11 bits per heavy atom. The zero-order chi connectivity index (χ0) is 19.9. The largest absolute Gasteiger partial charge is 0.504 e. The fraction of sp³-hybridized carbons (Fsp3) is 0.176. The summed E-state index contributed by atoms with van der Waals surface area (Å²) >= 11 is 0. The molecule has 138 valence electrons. The lowest BCUT2D eigenvalue weighted by Crippen LogP contribution is -2.26. The molecule has 0 spiro atoms. The molecule has 0 aliphatic carbocycles. The van der Waals surface area contributed by atoms with E-state index in [-0.39, 0.29) is 39.8 Å². The molecule has 27 heavy (non-hydrogen) atoms. The second kappa shape index (κ2) is 6.38. The maximum atomic E-state index is 12.4. The van der Waals surface area contributed by atoms with Crippen molar-refractivity contribution in [2.75, 3.05) is 7.11 Å². The Labute approximate surface area is 151 Å². The number of aromatic hydroxyl groups is 1. The molecule has 3 rings (SSSR count). The van der Waals surface area contributed by atoms with Gasteiger partial charge in [-0.2, -0.15) is 5.26 Å². The number of rotatable bonds is 3. The highest BCUT2D eigenvalue weighted by molar-refractivity contribution is 5.62. The third-order valence-electron chi connectivity index (χ3n) is 4.06. The number of phenolic OH excluding ortho intramolecular Hbond substituents is 1. The van der Waals surface area contributed by atoms with Crippen molar-refractivity contribution < 1.29 is 23.9 Å². The van der Waals surface area contributed by atoms with Crippen LogP contribution in [0, 0.1) is 28.4 Å². The van der Waals surface area contributed by atoms with Crippen LogP contribution in [0.3, 0.4) is 0 Å². The summed E-state index contributed by atoms with van der Waals surface area (Å²) in [5.74, 6) is -1.91. The minimum Gasteiger partial charge on any atom is -0.504 e. The Morgan fingerprint density at radius 1 is 1.41 bits per heavy atom. The summed E-state index contributed by atoms with van der Waals surface area (Å²) in [6.45, 7) is 1.53. The lowest BCUT2D eigenvalue weighted by Gasteiger charge is -2.25. The minimum atomic E-state index is -1.12. The molecule has 10 heteroatoms. The van der Waals surface area contributed by atoms with Gasteiger partial charge >= 0.3 is 11.3 Å². The van der Waals surface area contributed by atoms with E-state index < -0.39 is 27.9 Å². The van der Waals surface area contributed by atoms with Crippen LogP contribution in [0.25, 0.3) is 0 Å². The average molecular weight is 371 g/mol.